The highest BCUT2D eigenvalue weighted by molar-refractivity contribution is 9.10. The summed E-state index contributed by atoms with van der Waals surface area (Å²) >= 11 is 9.86. The molecule has 0 fully saturated rings. The van der Waals surface area contributed by atoms with Crippen molar-refractivity contribution in [3.8, 4) is 0 Å². The number of benzene rings is 3. The van der Waals surface area contributed by atoms with E-state index in [2.05, 4.69) is 40.2 Å². The summed E-state index contributed by atoms with van der Waals surface area (Å²) in [7, 11) is 0. The Labute approximate surface area is 107 Å². The number of halogens is 2. The summed E-state index contributed by atoms with van der Waals surface area (Å²) in [4.78, 5) is 0. The van der Waals surface area contributed by atoms with Gasteiger partial charge in [0, 0.05) is 9.86 Å². The van der Waals surface area contributed by atoms with Crippen LogP contribution in [0.15, 0.2) is 53.0 Å². The average molecular weight is 292 g/mol. The summed E-state index contributed by atoms with van der Waals surface area (Å²) in [5, 5.41) is 5.49. The van der Waals surface area contributed by atoms with E-state index in [4.69, 9.17) is 11.6 Å². The molecule has 0 bridgehead atoms. The van der Waals surface area contributed by atoms with Gasteiger partial charge in [0.25, 0.3) is 0 Å². The average Bonchev–Trinajstić information content (AvgIpc) is 2.29. The molecule has 3 aromatic rings. The summed E-state index contributed by atoms with van der Waals surface area (Å²) < 4.78 is 1.04. The molecule has 0 saturated heterocycles. The van der Waals surface area contributed by atoms with Crippen LogP contribution in [-0.4, -0.2) is 0 Å². The largest absolute Gasteiger partial charge is 0.0836 e. The van der Waals surface area contributed by atoms with Crippen molar-refractivity contribution in [1.82, 2.24) is 0 Å². The molecular weight excluding hydrogens is 284 g/mol. The topological polar surface area (TPSA) is 0 Å². The first-order valence-corrected chi connectivity index (χ1v) is 6.20. The predicted octanol–water partition coefficient (Wildman–Crippen LogP) is 5.41. The monoisotopic (exact) mass is 290 g/mol. The molecule has 78 valence electrons. The zero-order valence-corrected chi connectivity index (χ0v) is 10.7. The molecule has 0 N–H and O–H groups in total. The lowest BCUT2D eigenvalue weighted by molar-refractivity contribution is 1.73. The maximum atomic E-state index is 6.31. The minimum Gasteiger partial charge on any atom is -0.0836 e. The molecule has 0 unspecified atom stereocenters. The fourth-order valence-corrected chi connectivity index (χ4v) is 3.08. The predicted molar refractivity (Wildman–Crippen MR) is 74.2 cm³/mol. The molecule has 0 nitrogen and oxygen atoms in total. The highest BCUT2D eigenvalue weighted by Gasteiger charge is 2.06. The van der Waals surface area contributed by atoms with Gasteiger partial charge in [-0.05, 0) is 28.3 Å². The molecular formula is C14H8BrCl. The maximum Gasteiger partial charge on any atom is 0.0502 e. The first-order valence-electron chi connectivity index (χ1n) is 5.03. The third-order valence-electron chi connectivity index (χ3n) is 2.79. The second-order valence-electron chi connectivity index (χ2n) is 3.74. The molecule has 0 aliphatic heterocycles. The summed E-state index contributed by atoms with van der Waals surface area (Å²) in [5.41, 5.74) is 0. The number of fused-ring (bicyclic) bond motifs is 3. The zero-order chi connectivity index (χ0) is 11.1. The molecule has 0 spiro atoms. The Morgan fingerprint density at radius 1 is 0.875 bits per heavy atom. The molecule has 0 aliphatic rings. The smallest absolute Gasteiger partial charge is 0.0502 e. The number of hydrogen-bond donors (Lipinski definition) is 0. The van der Waals surface area contributed by atoms with Crippen LogP contribution in [0.25, 0.3) is 21.5 Å². The molecule has 16 heavy (non-hydrogen) atoms. The Morgan fingerprint density at radius 2 is 1.62 bits per heavy atom. The van der Waals surface area contributed by atoms with Crippen molar-refractivity contribution in [1.29, 1.82) is 0 Å². The van der Waals surface area contributed by atoms with E-state index >= 15 is 0 Å². The fourth-order valence-electron chi connectivity index (χ4n) is 2.07. The van der Waals surface area contributed by atoms with Crippen LogP contribution in [0.4, 0.5) is 0 Å². The standard InChI is InChI=1S/C14H8BrCl/c15-12-7-3-6-11-10-5-2-1-4-9(10)8-13(16)14(11)12/h1-8H. The van der Waals surface area contributed by atoms with Crippen LogP contribution in [0.1, 0.15) is 0 Å². The van der Waals surface area contributed by atoms with Crippen molar-refractivity contribution in [2.75, 3.05) is 0 Å². The Kier molecular flexibility index (Phi) is 2.38. The Balaban J connectivity index is 2.65. The van der Waals surface area contributed by atoms with E-state index in [-0.39, 0.29) is 0 Å². The van der Waals surface area contributed by atoms with Gasteiger partial charge in [-0.3, -0.25) is 0 Å². The first-order chi connectivity index (χ1) is 7.77. The van der Waals surface area contributed by atoms with E-state index in [1.807, 2.05) is 24.3 Å². The van der Waals surface area contributed by atoms with E-state index < -0.39 is 0 Å². The van der Waals surface area contributed by atoms with Crippen molar-refractivity contribution < 1.29 is 0 Å². The quantitative estimate of drug-likeness (QED) is 0.486. The van der Waals surface area contributed by atoms with Crippen LogP contribution in [0.3, 0.4) is 0 Å². The fraction of sp³-hybridized carbons (Fsp3) is 0. The summed E-state index contributed by atoms with van der Waals surface area (Å²) in [6.45, 7) is 0. The van der Waals surface area contributed by atoms with Crippen molar-refractivity contribution in [3.05, 3.63) is 58.0 Å². The van der Waals surface area contributed by atoms with Crippen LogP contribution in [0.5, 0.6) is 0 Å². The highest BCUT2D eigenvalue weighted by atomic mass is 79.9. The molecule has 0 atom stereocenters. The zero-order valence-electron chi connectivity index (χ0n) is 8.37. The first kappa shape index (κ1) is 10.1. The SMILES string of the molecule is Clc1cc2ccccc2c2cccc(Br)c12. The Hall–Kier alpha value is -1.05. The second kappa shape index (κ2) is 3.76. The minimum absolute atomic E-state index is 0.793. The van der Waals surface area contributed by atoms with Gasteiger partial charge in [-0.2, -0.15) is 0 Å². The normalized spacial score (nSPS) is 11.1. The Morgan fingerprint density at radius 3 is 2.50 bits per heavy atom. The van der Waals surface area contributed by atoms with Crippen LogP contribution < -0.4 is 0 Å². The van der Waals surface area contributed by atoms with Crippen LogP contribution in [-0.2, 0) is 0 Å². The molecule has 0 aliphatic carbocycles. The van der Waals surface area contributed by atoms with E-state index in [9.17, 15) is 0 Å². The lowest BCUT2D eigenvalue weighted by Crippen LogP contribution is -1.80. The minimum atomic E-state index is 0.793. The molecule has 3 aromatic carbocycles. The second-order valence-corrected chi connectivity index (χ2v) is 5.00. The van der Waals surface area contributed by atoms with Gasteiger partial charge >= 0.3 is 0 Å². The molecule has 0 heterocycles. The summed E-state index contributed by atoms with van der Waals surface area (Å²) in [6.07, 6.45) is 0. The van der Waals surface area contributed by atoms with Gasteiger partial charge in [-0.25, -0.2) is 0 Å². The summed E-state index contributed by atoms with van der Waals surface area (Å²) in [5.74, 6) is 0. The van der Waals surface area contributed by atoms with E-state index in [1.54, 1.807) is 0 Å². The van der Waals surface area contributed by atoms with E-state index in [1.165, 1.54) is 16.2 Å². The molecule has 3 rings (SSSR count). The van der Waals surface area contributed by atoms with Gasteiger partial charge in [0.05, 0.1) is 5.02 Å². The third-order valence-corrected chi connectivity index (χ3v) is 3.74. The lowest BCUT2D eigenvalue weighted by Gasteiger charge is -2.07. The molecule has 0 saturated carbocycles. The molecule has 2 heteroatoms. The van der Waals surface area contributed by atoms with Gasteiger partial charge in [0.1, 0.15) is 0 Å². The highest BCUT2D eigenvalue weighted by Crippen LogP contribution is 2.35. The van der Waals surface area contributed by atoms with Crippen LogP contribution in [0.2, 0.25) is 5.02 Å². The van der Waals surface area contributed by atoms with Crippen molar-refractivity contribution in [2.24, 2.45) is 0 Å². The number of hydrogen-bond acceptors (Lipinski definition) is 0. The van der Waals surface area contributed by atoms with E-state index in [0.717, 1.165) is 14.9 Å². The van der Waals surface area contributed by atoms with Gasteiger partial charge in [0.15, 0.2) is 0 Å². The van der Waals surface area contributed by atoms with E-state index in [0.29, 0.717) is 0 Å². The molecule has 0 amide bonds. The summed E-state index contributed by atoms with van der Waals surface area (Å²) in [6, 6.07) is 16.5. The van der Waals surface area contributed by atoms with Gasteiger partial charge < -0.3 is 0 Å². The number of rotatable bonds is 0. The van der Waals surface area contributed by atoms with Crippen molar-refractivity contribution in [2.45, 2.75) is 0 Å². The van der Waals surface area contributed by atoms with Crippen LogP contribution >= 0.6 is 27.5 Å². The van der Waals surface area contributed by atoms with Crippen molar-refractivity contribution >= 4 is 49.1 Å². The Bertz CT molecular complexity index is 689. The van der Waals surface area contributed by atoms with Crippen LogP contribution in [0, 0.1) is 0 Å². The molecule has 0 radical (unpaired) electrons. The van der Waals surface area contributed by atoms with Gasteiger partial charge in [-0.15, -0.1) is 0 Å². The third kappa shape index (κ3) is 1.43. The molecule has 0 aromatic heterocycles. The van der Waals surface area contributed by atoms with Crippen molar-refractivity contribution in [3.63, 3.8) is 0 Å². The van der Waals surface area contributed by atoms with Gasteiger partial charge in [-0.1, -0.05) is 63.9 Å². The maximum absolute atomic E-state index is 6.31. The van der Waals surface area contributed by atoms with Gasteiger partial charge in [0.2, 0.25) is 0 Å². The lowest BCUT2D eigenvalue weighted by atomic mass is 10.0.